The molecule has 0 bridgehead atoms. The number of hydrogen-bond donors (Lipinski definition) is 3. The zero-order valence-electron chi connectivity index (χ0n) is 11.3. The predicted molar refractivity (Wildman–Crippen MR) is 78.0 cm³/mol. The number of amidine groups is 1. The van der Waals surface area contributed by atoms with Gasteiger partial charge >= 0.3 is 0 Å². The number of benzene rings is 2. The van der Waals surface area contributed by atoms with Crippen LogP contribution in [0.15, 0.2) is 47.6 Å². The van der Waals surface area contributed by atoms with Crippen LogP contribution >= 0.6 is 0 Å². The maximum atomic E-state index is 13.9. The summed E-state index contributed by atoms with van der Waals surface area (Å²) in [6.07, 6.45) is 0. The molecule has 0 radical (unpaired) electrons. The Morgan fingerprint density at radius 2 is 1.81 bits per heavy atom. The average Bonchev–Trinajstić information content (AvgIpc) is 2.49. The highest BCUT2D eigenvalue weighted by Gasteiger charge is 2.11. The molecule has 108 valence electrons. The monoisotopic (exact) mass is 287 g/mol. The predicted octanol–water partition coefficient (Wildman–Crippen LogP) is 2.48. The van der Waals surface area contributed by atoms with E-state index in [1.807, 2.05) is 6.92 Å². The van der Waals surface area contributed by atoms with Crippen molar-refractivity contribution in [2.24, 2.45) is 10.9 Å². The number of oxime groups is 1. The molecule has 2 aromatic rings. The van der Waals surface area contributed by atoms with Crippen LogP contribution in [0.1, 0.15) is 21.5 Å². The number of anilines is 1. The van der Waals surface area contributed by atoms with E-state index in [0.717, 1.165) is 11.6 Å². The quantitative estimate of drug-likeness (QED) is 0.351. The van der Waals surface area contributed by atoms with Crippen molar-refractivity contribution in [1.82, 2.24) is 0 Å². The molecule has 0 atom stereocenters. The molecule has 0 aliphatic rings. The Hall–Kier alpha value is -2.89. The SMILES string of the molecule is Cc1ccc(C(=O)Nc2ccc(/C(N)=N/O)cc2F)cc1. The lowest BCUT2D eigenvalue weighted by molar-refractivity contribution is 0.102. The van der Waals surface area contributed by atoms with E-state index in [4.69, 9.17) is 10.9 Å². The van der Waals surface area contributed by atoms with Crippen LogP contribution in [0.25, 0.3) is 0 Å². The van der Waals surface area contributed by atoms with Crippen LogP contribution in [0.3, 0.4) is 0 Å². The lowest BCUT2D eigenvalue weighted by Crippen LogP contribution is -2.15. The van der Waals surface area contributed by atoms with Crippen LogP contribution in [0.4, 0.5) is 10.1 Å². The number of halogens is 1. The van der Waals surface area contributed by atoms with E-state index in [2.05, 4.69) is 10.5 Å². The summed E-state index contributed by atoms with van der Waals surface area (Å²) in [5.41, 5.74) is 7.07. The molecule has 0 spiro atoms. The van der Waals surface area contributed by atoms with Gasteiger partial charge < -0.3 is 16.3 Å². The van der Waals surface area contributed by atoms with E-state index in [-0.39, 0.29) is 17.1 Å². The van der Waals surface area contributed by atoms with Crippen molar-refractivity contribution >= 4 is 17.4 Å². The van der Waals surface area contributed by atoms with E-state index in [0.29, 0.717) is 5.56 Å². The number of rotatable bonds is 3. The number of carbonyl (C=O) groups is 1. The van der Waals surface area contributed by atoms with Gasteiger partial charge in [-0.25, -0.2) is 4.39 Å². The van der Waals surface area contributed by atoms with Crippen molar-refractivity contribution in [3.8, 4) is 0 Å². The molecular weight excluding hydrogens is 273 g/mol. The zero-order chi connectivity index (χ0) is 15.4. The highest BCUT2D eigenvalue weighted by atomic mass is 19.1. The van der Waals surface area contributed by atoms with Crippen molar-refractivity contribution in [3.05, 3.63) is 65.0 Å². The molecule has 6 heteroatoms. The van der Waals surface area contributed by atoms with Crippen LogP contribution in [-0.2, 0) is 0 Å². The fourth-order valence-corrected chi connectivity index (χ4v) is 1.73. The smallest absolute Gasteiger partial charge is 0.255 e. The first kappa shape index (κ1) is 14.5. The van der Waals surface area contributed by atoms with Gasteiger partial charge in [-0.1, -0.05) is 22.9 Å². The Morgan fingerprint density at radius 3 is 2.38 bits per heavy atom. The summed E-state index contributed by atoms with van der Waals surface area (Å²) in [5, 5.41) is 13.8. The van der Waals surface area contributed by atoms with E-state index >= 15 is 0 Å². The summed E-state index contributed by atoms with van der Waals surface area (Å²) in [5.74, 6) is -1.28. The Labute approximate surface area is 120 Å². The minimum absolute atomic E-state index is 0.0232. The van der Waals surface area contributed by atoms with Crippen molar-refractivity contribution in [2.75, 3.05) is 5.32 Å². The molecule has 0 heterocycles. The molecule has 0 aliphatic carbocycles. The van der Waals surface area contributed by atoms with Gasteiger partial charge in [-0.15, -0.1) is 0 Å². The standard InChI is InChI=1S/C15H14FN3O2/c1-9-2-4-10(5-3-9)15(20)18-13-7-6-11(8-12(13)16)14(17)19-21/h2-8,21H,1H3,(H2,17,19)(H,18,20). The van der Waals surface area contributed by atoms with Gasteiger partial charge in [0.1, 0.15) is 5.82 Å². The number of nitrogens with two attached hydrogens (primary N) is 1. The van der Waals surface area contributed by atoms with Gasteiger partial charge in [0.05, 0.1) is 5.69 Å². The van der Waals surface area contributed by atoms with Crippen LogP contribution in [0, 0.1) is 12.7 Å². The molecule has 1 amide bonds. The highest BCUT2D eigenvalue weighted by molar-refractivity contribution is 6.04. The molecule has 2 aromatic carbocycles. The second kappa shape index (κ2) is 6.04. The first-order valence-electron chi connectivity index (χ1n) is 6.16. The lowest BCUT2D eigenvalue weighted by atomic mass is 10.1. The van der Waals surface area contributed by atoms with Crippen molar-refractivity contribution < 1.29 is 14.4 Å². The average molecular weight is 287 g/mol. The largest absolute Gasteiger partial charge is 0.409 e. The Kier molecular flexibility index (Phi) is 4.18. The second-order valence-electron chi connectivity index (χ2n) is 4.50. The Balaban J connectivity index is 2.20. The Morgan fingerprint density at radius 1 is 1.19 bits per heavy atom. The lowest BCUT2D eigenvalue weighted by Gasteiger charge is -2.08. The number of amides is 1. The normalized spacial score (nSPS) is 11.2. The van der Waals surface area contributed by atoms with Crippen LogP contribution in [0.2, 0.25) is 0 Å². The second-order valence-corrected chi connectivity index (χ2v) is 4.50. The first-order valence-corrected chi connectivity index (χ1v) is 6.16. The van der Waals surface area contributed by atoms with E-state index < -0.39 is 11.7 Å². The first-order chi connectivity index (χ1) is 10.0. The van der Waals surface area contributed by atoms with Crippen molar-refractivity contribution in [3.63, 3.8) is 0 Å². The third-order valence-electron chi connectivity index (χ3n) is 2.93. The molecule has 2 rings (SSSR count). The van der Waals surface area contributed by atoms with Crippen molar-refractivity contribution in [2.45, 2.75) is 6.92 Å². The third-order valence-corrected chi connectivity index (χ3v) is 2.93. The maximum Gasteiger partial charge on any atom is 0.255 e. The summed E-state index contributed by atoms with van der Waals surface area (Å²) in [4.78, 5) is 12.0. The maximum absolute atomic E-state index is 13.9. The molecule has 0 aromatic heterocycles. The number of carbonyl (C=O) groups excluding carboxylic acids is 1. The Bertz CT molecular complexity index is 697. The molecular formula is C15H14FN3O2. The van der Waals surface area contributed by atoms with Crippen LogP contribution in [0.5, 0.6) is 0 Å². The molecule has 5 nitrogen and oxygen atoms in total. The van der Waals surface area contributed by atoms with Gasteiger partial charge in [0.25, 0.3) is 5.91 Å². The summed E-state index contributed by atoms with van der Waals surface area (Å²) >= 11 is 0. The van der Waals surface area contributed by atoms with E-state index in [1.54, 1.807) is 24.3 Å². The van der Waals surface area contributed by atoms with Crippen LogP contribution < -0.4 is 11.1 Å². The summed E-state index contributed by atoms with van der Waals surface area (Å²) in [6, 6.07) is 10.8. The minimum atomic E-state index is -0.667. The molecule has 0 saturated heterocycles. The van der Waals surface area contributed by atoms with Gasteiger partial charge in [0.2, 0.25) is 0 Å². The number of hydrogen-bond acceptors (Lipinski definition) is 3. The molecule has 0 saturated carbocycles. The summed E-state index contributed by atoms with van der Waals surface area (Å²) in [6.45, 7) is 1.91. The fraction of sp³-hybridized carbons (Fsp3) is 0.0667. The molecule has 0 aliphatic heterocycles. The zero-order valence-corrected chi connectivity index (χ0v) is 11.3. The van der Waals surface area contributed by atoms with E-state index in [1.165, 1.54) is 12.1 Å². The molecule has 4 N–H and O–H groups in total. The van der Waals surface area contributed by atoms with Crippen molar-refractivity contribution in [1.29, 1.82) is 0 Å². The molecule has 0 fully saturated rings. The van der Waals surface area contributed by atoms with Gasteiger partial charge in [0.15, 0.2) is 5.84 Å². The number of nitrogens with zero attached hydrogens (tertiary/aromatic N) is 1. The topological polar surface area (TPSA) is 87.7 Å². The van der Waals surface area contributed by atoms with Gasteiger partial charge in [-0.3, -0.25) is 4.79 Å². The molecule has 21 heavy (non-hydrogen) atoms. The van der Waals surface area contributed by atoms with Gasteiger partial charge in [-0.05, 0) is 37.3 Å². The van der Waals surface area contributed by atoms with Gasteiger partial charge in [-0.2, -0.15) is 0 Å². The molecule has 0 unspecified atom stereocenters. The number of aryl methyl sites for hydroxylation is 1. The van der Waals surface area contributed by atoms with E-state index in [9.17, 15) is 9.18 Å². The third kappa shape index (κ3) is 3.36. The fourth-order valence-electron chi connectivity index (χ4n) is 1.73. The summed E-state index contributed by atoms with van der Waals surface area (Å²) in [7, 11) is 0. The summed E-state index contributed by atoms with van der Waals surface area (Å²) < 4.78 is 13.9. The number of nitrogens with one attached hydrogen (secondary N) is 1. The van der Waals surface area contributed by atoms with Crippen LogP contribution in [-0.4, -0.2) is 17.0 Å². The highest BCUT2D eigenvalue weighted by Crippen LogP contribution is 2.17. The minimum Gasteiger partial charge on any atom is -0.409 e. The van der Waals surface area contributed by atoms with Gasteiger partial charge in [0, 0.05) is 11.1 Å².